The molecule has 0 aliphatic rings. The van der Waals surface area contributed by atoms with Crippen molar-refractivity contribution in [1.82, 2.24) is 4.98 Å². The fourth-order valence-electron chi connectivity index (χ4n) is 1.13. The van der Waals surface area contributed by atoms with Gasteiger partial charge in [-0.2, -0.15) is 0 Å². The maximum absolute atomic E-state index is 12.6. The van der Waals surface area contributed by atoms with Crippen LogP contribution in [0.3, 0.4) is 0 Å². The van der Waals surface area contributed by atoms with Crippen molar-refractivity contribution in [2.75, 3.05) is 0 Å². The first-order chi connectivity index (χ1) is 8.28. The summed E-state index contributed by atoms with van der Waals surface area (Å²) in [6.07, 6.45) is -8.20. The largest absolute Gasteiger partial charge is 0.574 e. The van der Waals surface area contributed by atoms with E-state index in [2.05, 4.69) is 25.7 Å². The molecule has 9 heteroatoms. The van der Waals surface area contributed by atoms with Crippen LogP contribution in [0.5, 0.6) is 5.88 Å². The number of carbonyl (C=O) groups is 1. The van der Waals surface area contributed by atoms with Gasteiger partial charge in [0.25, 0.3) is 6.43 Å². The summed E-state index contributed by atoms with van der Waals surface area (Å²) < 4.78 is 64.5. The summed E-state index contributed by atoms with van der Waals surface area (Å²) in [6.45, 7) is 0. The summed E-state index contributed by atoms with van der Waals surface area (Å²) in [5.74, 6) is -1.32. The molecule has 1 aromatic rings. The molecule has 0 aliphatic carbocycles. The van der Waals surface area contributed by atoms with Gasteiger partial charge in [-0.1, -0.05) is 15.9 Å². The fourth-order valence-corrected chi connectivity index (χ4v) is 1.58. The van der Waals surface area contributed by atoms with Crippen LogP contribution in [-0.4, -0.2) is 17.6 Å². The molecule has 1 rings (SSSR count). The van der Waals surface area contributed by atoms with Gasteiger partial charge in [0.2, 0.25) is 5.88 Å². The van der Waals surface area contributed by atoms with Gasteiger partial charge in [-0.25, -0.2) is 13.8 Å². The van der Waals surface area contributed by atoms with Crippen molar-refractivity contribution < 1.29 is 31.5 Å². The van der Waals surface area contributed by atoms with Crippen molar-refractivity contribution in [3.05, 3.63) is 22.9 Å². The minimum absolute atomic E-state index is 0.0000905. The maximum Gasteiger partial charge on any atom is 0.574 e. The van der Waals surface area contributed by atoms with Crippen molar-refractivity contribution >= 4 is 22.2 Å². The number of aromatic nitrogens is 1. The number of hydrogen-bond donors (Lipinski definition) is 0. The Kier molecular flexibility index (Phi) is 4.60. The molecule has 0 unspecified atom stereocenters. The zero-order valence-corrected chi connectivity index (χ0v) is 10.1. The number of alkyl halides is 6. The summed E-state index contributed by atoms with van der Waals surface area (Å²) in [5.41, 5.74) is -1.36. The van der Waals surface area contributed by atoms with Crippen molar-refractivity contribution in [2.24, 2.45) is 0 Å². The van der Waals surface area contributed by atoms with E-state index in [1.807, 2.05) is 0 Å². The van der Waals surface area contributed by atoms with E-state index in [1.54, 1.807) is 0 Å². The molecule has 0 spiro atoms. The normalized spacial score (nSPS) is 11.7. The van der Waals surface area contributed by atoms with Crippen LogP contribution < -0.4 is 4.74 Å². The van der Waals surface area contributed by atoms with E-state index < -0.39 is 29.9 Å². The number of halogens is 6. The maximum atomic E-state index is 12.6. The Morgan fingerprint density at radius 2 is 2.06 bits per heavy atom. The second-order valence-corrected chi connectivity index (χ2v) is 3.59. The minimum atomic E-state index is -5.16. The second-order valence-electron chi connectivity index (χ2n) is 3.03. The van der Waals surface area contributed by atoms with Crippen molar-refractivity contribution in [3.8, 4) is 5.88 Å². The molecule has 18 heavy (non-hydrogen) atoms. The van der Waals surface area contributed by atoms with Crippen LogP contribution in [0.2, 0.25) is 0 Å². The highest BCUT2D eigenvalue weighted by Gasteiger charge is 2.34. The zero-order valence-electron chi connectivity index (χ0n) is 8.47. The van der Waals surface area contributed by atoms with Gasteiger partial charge in [0.05, 0.1) is 5.56 Å². The SMILES string of the molecule is O=Cc1nc(OC(F)(F)F)c(C(F)F)cc1CBr. The topological polar surface area (TPSA) is 39.2 Å². The van der Waals surface area contributed by atoms with Crippen LogP contribution in [-0.2, 0) is 5.33 Å². The molecule has 0 radical (unpaired) electrons. The van der Waals surface area contributed by atoms with Gasteiger partial charge in [-0.15, -0.1) is 13.2 Å². The van der Waals surface area contributed by atoms with E-state index in [1.165, 1.54) is 0 Å². The Morgan fingerprint density at radius 3 is 2.44 bits per heavy atom. The molecule has 0 aliphatic heterocycles. The van der Waals surface area contributed by atoms with E-state index >= 15 is 0 Å². The lowest BCUT2D eigenvalue weighted by Crippen LogP contribution is -2.20. The zero-order chi connectivity index (χ0) is 13.9. The van der Waals surface area contributed by atoms with Crippen LogP contribution in [0.15, 0.2) is 6.07 Å². The van der Waals surface area contributed by atoms with Crippen molar-refractivity contribution in [2.45, 2.75) is 18.1 Å². The number of pyridine rings is 1. The number of rotatable bonds is 4. The third-order valence-electron chi connectivity index (χ3n) is 1.83. The molecule has 0 N–H and O–H groups in total. The van der Waals surface area contributed by atoms with Crippen molar-refractivity contribution in [3.63, 3.8) is 0 Å². The molecule has 1 heterocycles. The first kappa shape index (κ1) is 14.8. The Hall–Kier alpha value is -1.25. The van der Waals surface area contributed by atoms with E-state index in [0.29, 0.717) is 0 Å². The Bertz CT molecular complexity index is 449. The quantitative estimate of drug-likeness (QED) is 0.480. The molecule has 100 valence electrons. The third kappa shape index (κ3) is 3.62. The Labute approximate surface area is 106 Å². The lowest BCUT2D eigenvalue weighted by Gasteiger charge is -2.13. The monoisotopic (exact) mass is 333 g/mol. The molecule has 0 fully saturated rings. The van der Waals surface area contributed by atoms with Gasteiger partial charge >= 0.3 is 6.36 Å². The molecule has 0 aromatic carbocycles. The summed E-state index contributed by atoms with van der Waals surface area (Å²) >= 11 is 2.91. The second kappa shape index (κ2) is 5.59. The predicted octanol–water partition coefficient (Wildman–Crippen LogP) is 3.63. The number of aldehydes is 1. The van der Waals surface area contributed by atoms with Gasteiger partial charge in [-0.3, -0.25) is 4.79 Å². The van der Waals surface area contributed by atoms with Gasteiger partial charge in [0.15, 0.2) is 6.29 Å². The predicted molar refractivity (Wildman–Crippen MR) is 53.9 cm³/mol. The average Bonchev–Trinajstić information content (AvgIpc) is 2.25. The molecule has 0 atom stereocenters. The number of hydrogen-bond acceptors (Lipinski definition) is 3. The minimum Gasteiger partial charge on any atom is -0.387 e. The Balaban J connectivity index is 3.33. The van der Waals surface area contributed by atoms with Crippen molar-refractivity contribution in [1.29, 1.82) is 0 Å². The van der Waals surface area contributed by atoms with Gasteiger partial charge in [-0.05, 0) is 11.6 Å². The van der Waals surface area contributed by atoms with E-state index in [-0.39, 0.29) is 17.2 Å². The lowest BCUT2D eigenvalue weighted by atomic mass is 10.1. The molecule has 0 saturated heterocycles. The average molecular weight is 334 g/mol. The first-order valence-electron chi connectivity index (χ1n) is 4.37. The molecule has 0 amide bonds. The summed E-state index contributed by atoms with van der Waals surface area (Å²) in [5, 5.41) is 0.0000905. The fraction of sp³-hybridized carbons (Fsp3) is 0.333. The smallest absolute Gasteiger partial charge is 0.387 e. The lowest BCUT2D eigenvalue weighted by molar-refractivity contribution is -0.276. The Morgan fingerprint density at radius 1 is 1.44 bits per heavy atom. The molecule has 0 bridgehead atoms. The highest BCUT2D eigenvalue weighted by molar-refractivity contribution is 9.08. The molecule has 3 nitrogen and oxygen atoms in total. The molecular formula is C9H5BrF5NO2. The number of carbonyl (C=O) groups excluding carboxylic acids is 1. The highest BCUT2D eigenvalue weighted by atomic mass is 79.9. The summed E-state index contributed by atoms with van der Waals surface area (Å²) in [6, 6.07) is 0.747. The highest BCUT2D eigenvalue weighted by Crippen LogP contribution is 2.33. The number of ether oxygens (including phenoxy) is 1. The van der Waals surface area contributed by atoms with E-state index in [4.69, 9.17) is 0 Å². The van der Waals surface area contributed by atoms with Gasteiger partial charge in [0, 0.05) is 5.33 Å². The van der Waals surface area contributed by atoms with Gasteiger partial charge < -0.3 is 4.74 Å². The van der Waals surface area contributed by atoms with Crippen LogP contribution in [0.1, 0.15) is 28.0 Å². The standard InChI is InChI=1S/C9H5BrF5NO2/c10-2-4-1-5(7(11)12)8(16-6(4)3-17)18-9(13,14)15/h1,3,7H,2H2. The molecular weight excluding hydrogens is 329 g/mol. The first-order valence-corrected chi connectivity index (χ1v) is 5.49. The molecule has 1 aromatic heterocycles. The summed E-state index contributed by atoms with van der Waals surface area (Å²) in [7, 11) is 0. The van der Waals surface area contributed by atoms with E-state index in [0.717, 1.165) is 6.07 Å². The van der Waals surface area contributed by atoms with Gasteiger partial charge in [0.1, 0.15) is 5.69 Å². The number of nitrogens with zero attached hydrogens (tertiary/aromatic N) is 1. The van der Waals surface area contributed by atoms with E-state index in [9.17, 15) is 26.7 Å². The summed E-state index contributed by atoms with van der Waals surface area (Å²) in [4.78, 5) is 13.7. The van der Waals surface area contributed by atoms with Crippen LogP contribution in [0, 0.1) is 0 Å². The van der Waals surface area contributed by atoms with Crippen LogP contribution >= 0.6 is 15.9 Å². The molecule has 0 saturated carbocycles. The third-order valence-corrected chi connectivity index (χ3v) is 2.43. The van der Waals surface area contributed by atoms with Crippen LogP contribution in [0.25, 0.3) is 0 Å². The van der Waals surface area contributed by atoms with Crippen LogP contribution in [0.4, 0.5) is 22.0 Å².